The summed E-state index contributed by atoms with van der Waals surface area (Å²) in [5.74, 6) is 0. The largest absolute Gasteiger partial charge is 0.344 e. The second-order valence-electron chi connectivity index (χ2n) is 4.92. The Kier molecular flexibility index (Phi) is 3.19. The summed E-state index contributed by atoms with van der Waals surface area (Å²) in [6.07, 6.45) is 7.59. The van der Waals surface area contributed by atoms with E-state index in [0.29, 0.717) is 0 Å². The number of hydrogen-bond acceptors (Lipinski definition) is 1. The molecule has 2 heterocycles. The van der Waals surface area contributed by atoms with Crippen LogP contribution in [0.2, 0.25) is 0 Å². The van der Waals surface area contributed by atoms with E-state index in [4.69, 9.17) is 0 Å². The van der Waals surface area contributed by atoms with Gasteiger partial charge in [-0.2, -0.15) is 0 Å². The van der Waals surface area contributed by atoms with Gasteiger partial charge in [-0.05, 0) is 23.8 Å². The van der Waals surface area contributed by atoms with Gasteiger partial charge in [-0.15, -0.1) is 11.3 Å². The lowest BCUT2D eigenvalue weighted by Crippen LogP contribution is -1.90. The van der Waals surface area contributed by atoms with Gasteiger partial charge in [0, 0.05) is 38.7 Å². The normalized spacial score (nSPS) is 10.9. The van der Waals surface area contributed by atoms with Crippen molar-refractivity contribution in [2.45, 2.75) is 0 Å². The van der Waals surface area contributed by atoms with Gasteiger partial charge in [-0.3, -0.25) is 0 Å². The Bertz CT molecular complexity index is 918. The maximum atomic E-state index is 3.95. The van der Waals surface area contributed by atoms with E-state index in [1.165, 1.54) is 25.9 Å². The highest BCUT2D eigenvalue weighted by atomic mass is 32.1. The van der Waals surface area contributed by atoms with Crippen LogP contribution in [0.1, 0.15) is 21.7 Å². The van der Waals surface area contributed by atoms with Crippen LogP contribution in [0.25, 0.3) is 45.3 Å². The van der Waals surface area contributed by atoms with Gasteiger partial charge >= 0.3 is 0 Å². The molecule has 0 N–H and O–H groups in total. The summed E-state index contributed by atoms with van der Waals surface area (Å²) >= 11 is 1.75. The Morgan fingerprint density at radius 2 is 1.62 bits per heavy atom. The van der Waals surface area contributed by atoms with Crippen LogP contribution in [0.5, 0.6) is 0 Å². The van der Waals surface area contributed by atoms with Gasteiger partial charge in [-0.1, -0.05) is 44.5 Å². The van der Waals surface area contributed by atoms with Crippen LogP contribution in [0.15, 0.2) is 38.4 Å². The number of thiophene rings is 1. The zero-order chi connectivity index (χ0) is 15.1. The maximum absolute atomic E-state index is 3.95. The summed E-state index contributed by atoms with van der Waals surface area (Å²) in [5.41, 5.74) is 4.58. The zero-order valence-corrected chi connectivity index (χ0v) is 13.0. The van der Waals surface area contributed by atoms with Crippen molar-refractivity contribution in [2.75, 3.05) is 0 Å². The summed E-state index contributed by atoms with van der Waals surface area (Å²) in [5, 5.41) is 2.42. The second kappa shape index (κ2) is 4.90. The molecule has 0 saturated heterocycles. The summed E-state index contributed by atoms with van der Waals surface area (Å²) in [7, 11) is 2.06. The maximum Gasteiger partial charge on any atom is 0.0503 e. The van der Waals surface area contributed by atoms with Crippen LogP contribution in [-0.2, 0) is 7.05 Å². The first kappa shape index (κ1) is 13.7. The third-order valence-corrected chi connectivity index (χ3v) is 5.11. The zero-order valence-electron chi connectivity index (χ0n) is 12.1. The Labute approximate surface area is 128 Å². The van der Waals surface area contributed by atoms with E-state index >= 15 is 0 Å². The minimum absolute atomic E-state index is 1.10. The quantitative estimate of drug-likeness (QED) is 0.558. The van der Waals surface area contributed by atoms with Crippen molar-refractivity contribution in [3.63, 3.8) is 0 Å². The van der Waals surface area contributed by atoms with E-state index in [1.54, 1.807) is 11.3 Å². The third-order valence-electron chi connectivity index (χ3n) is 3.95. The minimum atomic E-state index is 1.10. The average Bonchev–Trinajstić information content (AvgIpc) is 2.99. The van der Waals surface area contributed by atoms with Crippen molar-refractivity contribution in [3.8, 4) is 0 Å². The fourth-order valence-corrected chi connectivity index (χ4v) is 4.01. The third kappa shape index (κ3) is 1.76. The smallest absolute Gasteiger partial charge is 0.0503 e. The Balaban J connectivity index is 2.54. The molecular weight excluding hydrogens is 274 g/mol. The molecule has 1 nitrogen and oxygen atoms in total. The van der Waals surface area contributed by atoms with Gasteiger partial charge in [0.2, 0.25) is 0 Å². The van der Waals surface area contributed by atoms with E-state index in [-0.39, 0.29) is 0 Å². The molecule has 0 saturated carbocycles. The van der Waals surface area contributed by atoms with Crippen molar-refractivity contribution in [3.05, 3.63) is 60.1 Å². The molecule has 3 rings (SSSR count). The Morgan fingerprint density at radius 3 is 2.19 bits per heavy atom. The van der Waals surface area contributed by atoms with Gasteiger partial charge in [-0.25, -0.2) is 0 Å². The molecule has 0 amide bonds. The molecule has 104 valence electrons. The summed E-state index contributed by atoms with van der Waals surface area (Å²) in [6.45, 7) is 15.7. The molecule has 1 aromatic carbocycles. The first-order valence-electron chi connectivity index (χ1n) is 6.75. The van der Waals surface area contributed by atoms with Crippen molar-refractivity contribution in [2.24, 2.45) is 7.05 Å². The molecule has 0 aliphatic carbocycles. The fourth-order valence-electron chi connectivity index (χ4n) is 2.94. The van der Waals surface area contributed by atoms with Gasteiger partial charge in [0.15, 0.2) is 0 Å². The van der Waals surface area contributed by atoms with Gasteiger partial charge in [0.05, 0.1) is 5.52 Å². The Hall–Kier alpha value is -2.32. The van der Waals surface area contributed by atoms with E-state index in [9.17, 15) is 0 Å². The molecule has 0 aliphatic heterocycles. The number of rotatable bonds is 4. The molecule has 0 radical (unpaired) electrons. The van der Waals surface area contributed by atoms with Crippen LogP contribution in [-0.4, -0.2) is 4.57 Å². The molecule has 0 spiro atoms. The van der Waals surface area contributed by atoms with Crippen LogP contribution in [0, 0.1) is 0 Å². The molecule has 2 heteroatoms. The van der Waals surface area contributed by atoms with Gasteiger partial charge in [0.25, 0.3) is 0 Å². The minimum Gasteiger partial charge on any atom is -0.344 e. The number of nitrogens with zero attached hydrogens (tertiary/aromatic N) is 1. The number of hydrogen-bond donors (Lipinski definition) is 0. The second-order valence-corrected chi connectivity index (χ2v) is 6.00. The highest BCUT2D eigenvalue weighted by molar-refractivity contribution is 7.20. The molecule has 0 aliphatic rings. The molecule has 0 atom stereocenters. The first-order chi connectivity index (χ1) is 10.2. The molecule has 21 heavy (non-hydrogen) atoms. The van der Waals surface area contributed by atoms with Crippen molar-refractivity contribution in [1.29, 1.82) is 0 Å². The SMILES string of the molecule is C=Cc1sc2cc3c(cc2c1C=C)c(C=C)c(C=C)n3C. The van der Waals surface area contributed by atoms with E-state index in [2.05, 4.69) is 50.1 Å². The number of aryl methyl sites for hydroxylation is 1. The molecule has 0 bridgehead atoms. The van der Waals surface area contributed by atoms with Crippen molar-refractivity contribution < 1.29 is 0 Å². The number of aromatic nitrogens is 1. The predicted molar refractivity (Wildman–Crippen MR) is 98.7 cm³/mol. The van der Waals surface area contributed by atoms with Gasteiger partial charge in [0.1, 0.15) is 0 Å². The molecule has 0 fully saturated rings. The standard InChI is InChI=1S/C19H17NS/c1-6-12-14-10-15-13(7-2)18(9-4)21-19(15)11-17(14)20(5)16(12)8-3/h6-11H,1-4H2,5H3. The lowest BCUT2D eigenvalue weighted by molar-refractivity contribution is 0.954. The van der Waals surface area contributed by atoms with Gasteiger partial charge < -0.3 is 4.57 Å². The summed E-state index contributed by atoms with van der Waals surface area (Å²) in [6, 6.07) is 4.46. The lowest BCUT2D eigenvalue weighted by Gasteiger charge is -1.99. The van der Waals surface area contributed by atoms with E-state index in [1.807, 2.05) is 24.3 Å². The van der Waals surface area contributed by atoms with Crippen LogP contribution >= 0.6 is 11.3 Å². The predicted octanol–water partition coefficient (Wildman–Crippen LogP) is 5.97. The fraction of sp³-hybridized carbons (Fsp3) is 0.0526. The highest BCUT2D eigenvalue weighted by Crippen LogP contribution is 2.38. The highest BCUT2D eigenvalue weighted by Gasteiger charge is 2.15. The molecular formula is C19H17NS. The van der Waals surface area contributed by atoms with Crippen LogP contribution in [0.3, 0.4) is 0 Å². The summed E-state index contributed by atoms with van der Waals surface area (Å²) < 4.78 is 3.42. The topological polar surface area (TPSA) is 4.93 Å². The van der Waals surface area contributed by atoms with Crippen molar-refractivity contribution >= 4 is 56.6 Å². The van der Waals surface area contributed by atoms with Crippen molar-refractivity contribution in [1.82, 2.24) is 4.57 Å². The first-order valence-corrected chi connectivity index (χ1v) is 7.56. The average molecular weight is 291 g/mol. The molecule has 0 unspecified atom stereocenters. The monoisotopic (exact) mass is 291 g/mol. The van der Waals surface area contributed by atoms with E-state index in [0.717, 1.165) is 16.8 Å². The number of fused-ring (bicyclic) bond motifs is 2. The van der Waals surface area contributed by atoms with E-state index < -0.39 is 0 Å². The molecule has 3 aromatic rings. The summed E-state index contributed by atoms with van der Waals surface area (Å²) in [4.78, 5) is 1.17. The van der Waals surface area contributed by atoms with Crippen LogP contribution < -0.4 is 0 Å². The lowest BCUT2D eigenvalue weighted by atomic mass is 10.1. The Morgan fingerprint density at radius 1 is 0.905 bits per heavy atom. The number of benzene rings is 1. The van der Waals surface area contributed by atoms with Crippen LogP contribution in [0.4, 0.5) is 0 Å². The molecule has 2 aromatic heterocycles.